The second kappa shape index (κ2) is 14.5. The van der Waals surface area contributed by atoms with E-state index < -0.39 is 0 Å². The number of allylic oxidation sites excluding steroid dienone is 8. The van der Waals surface area contributed by atoms with Crippen molar-refractivity contribution in [3.63, 3.8) is 0 Å². The summed E-state index contributed by atoms with van der Waals surface area (Å²) < 4.78 is 34.5. The topological polar surface area (TPSA) is 124 Å². The fourth-order valence-corrected chi connectivity index (χ4v) is 6.77. The first kappa shape index (κ1) is 34.9. The van der Waals surface area contributed by atoms with E-state index >= 15 is 0 Å². The number of carbonyl (C=O) groups is 4. The van der Waals surface area contributed by atoms with Gasteiger partial charge in [-0.3, -0.25) is 19.2 Å². The van der Waals surface area contributed by atoms with Crippen molar-refractivity contribution in [1.29, 1.82) is 0 Å². The van der Waals surface area contributed by atoms with Crippen LogP contribution in [0.2, 0.25) is 0 Å². The normalized spacial score (nSPS) is 15.9. The van der Waals surface area contributed by atoms with Crippen LogP contribution in [0.1, 0.15) is 33.4 Å². The van der Waals surface area contributed by atoms with E-state index in [1.807, 2.05) is 24.3 Å². The van der Waals surface area contributed by atoms with Crippen LogP contribution in [0.15, 0.2) is 83.0 Å². The Balaban J connectivity index is 1.50. The predicted molar refractivity (Wildman–Crippen MR) is 189 cm³/mol. The third-order valence-corrected chi connectivity index (χ3v) is 9.44. The number of hydrogen-bond acceptors (Lipinski definition) is 10. The molecule has 10 bridgehead atoms. The van der Waals surface area contributed by atoms with Crippen LogP contribution in [0.25, 0.3) is 0 Å². The zero-order valence-corrected chi connectivity index (χ0v) is 29.4. The second-order valence-electron chi connectivity index (χ2n) is 12.4. The molecule has 0 heterocycles. The minimum atomic E-state index is -0.300. The number of ether oxygens (including phenoxy) is 6. The Morgan fingerprint density at radius 3 is 0.667 bits per heavy atom. The zero-order valence-electron chi connectivity index (χ0n) is 29.4. The van der Waals surface area contributed by atoms with E-state index in [1.54, 1.807) is 40.6 Å². The molecule has 3 aromatic carbocycles. The lowest BCUT2D eigenvalue weighted by Crippen LogP contribution is -2.17. The molecule has 12 aliphatic rings. The second-order valence-corrected chi connectivity index (χ2v) is 12.4. The van der Waals surface area contributed by atoms with E-state index in [9.17, 15) is 19.2 Å². The van der Waals surface area contributed by atoms with E-state index in [1.165, 1.54) is 38.5 Å². The Labute approximate surface area is 295 Å². The first-order valence-electron chi connectivity index (χ1n) is 16.3. The van der Waals surface area contributed by atoms with Crippen LogP contribution < -0.4 is 28.4 Å². The molecule has 0 spiro atoms. The Hall–Kier alpha value is -5.90. The quantitative estimate of drug-likeness (QED) is 0.318. The van der Waals surface area contributed by atoms with Crippen LogP contribution in [-0.2, 0) is 51.3 Å². The third-order valence-electron chi connectivity index (χ3n) is 9.44. The van der Waals surface area contributed by atoms with Gasteiger partial charge in [-0.15, -0.1) is 0 Å². The molecular weight excluding hydrogens is 652 g/mol. The van der Waals surface area contributed by atoms with Gasteiger partial charge in [0.15, 0.2) is 23.1 Å². The highest BCUT2D eigenvalue weighted by atomic mass is 16.5. The monoisotopic (exact) mass is 690 g/mol. The number of ketones is 4. The van der Waals surface area contributed by atoms with Crippen molar-refractivity contribution >= 4 is 23.1 Å². The molecule has 3 aromatic rings. The lowest BCUT2D eigenvalue weighted by molar-refractivity contribution is -0.115. The standard InChI is InChI=1S/C41H38O10/c1-46-36-16-27-8-23-13-35(45)25(15-33(23)43)10-29-19-41(51-6)31(21-39(29)49-4)11-30-20-38(48-3)28(18-40(30)50-5)9-24-14-32(42)22(12-34(24)44)7-26(36)17-37(27)47-2/h12-21H,7-11H2,1-6H3. The van der Waals surface area contributed by atoms with Gasteiger partial charge in [0.2, 0.25) is 0 Å². The summed E-state index contributed by atoms with van der Waals surface area (Å²) in [5, 5.41) is 0. The maximum absolute atomic E-state index is 13.5. The van der Waals surface area contributed by atoms with Gasteiger partial charge >= 0.3 is 0 Å². The summed E-state index contributed by atoms with van der Waals surface area (Å²) in [6.45, 7) is 0. The minimum Gasteiger partial charge on any atom is -0.496 e. The first-order valence-corrected chi connectivity index (χ1v) is 16.3. The summed E-state index contributed by atoms with van der Waals surface area (Å²) in [5.74, 6) is 1.85. The maximum Gasteiger partial charge on any atom is 0.182 e. The predicted octanol–water partition coefficient (Wildman–Crippen LogP) is 5.22. The van der Waals surface area contributed by atoms with E-state index in [4.69, 9.17) is 28.4 Å². The van der Waals surface area contributed by atoms with Gasteiger partial charge in [-0.05, 0) is 60.7 Å². The maximum atomic E-state index is 13.5. The van der Waals surface area contributed by atoms with Gasteiger partial charge in [0, 0.05) is 87.8 Å². The molecule has 0 fully saturated rings. The van der Waals surface area contributed by atoms with E-state index in [0.717, 1.165) is 11.1 Å². The van der Waals surface area contributed by atoms with Gasteiger partial charge in [-0.2, -0.15) is 0 Å². The molecule has 15 rings (SSSR count). The van der Waals surface area contributed by atoms with Crippen LogP contribution in [0.3, 0.4) is 0 Å². The summed E-state index contributed by atoms with van der Waals surface area (Å²) in [7, 11) is 9.20. The highest BCUT2D eigenvalue weighted by Gasteiger charge is 2.27. The smallest absolute Gasteiger partial charge is 0.182 e. The highest BCUT2D eigenvalue weighted by Crippen LogP contribution is 2.38. The SMILES string of the molecule is COc1cc2c(OC)cc1CC1=CC(=O)C(=CC1=O)Cc1cc(OC)c(cc1OC)Cc1cc(OC)c(cc1OC)CC1=CC(=O)C(=CC1=O)C2. The fourth-order valence-electron chi connectivity index (χ4n) is 6.77. The molecule has 0 N–H and O–H groups in total. The largest absolute Gasteiger partial charge is 0.496 e. The van der Waals surface area contributed by atoms with Crippen molar-refractivity contribution < 1.29 is 47.6 Å². The summed E-state index contributed by atoms with van der Waals surface area (Å²) in [4.78, 5) is 53.8. The van der Waals surface area contributed by atoms with Gasteiger partial charge < -0.3 is 28.4 Å². The van der Waals surface area contributed by atoms with Crippen molar-refractivity contribution in [3.8, 4) is 34.5 Å². The zero-order chi connectivity index (χ0) is 36.4. The molecule has 0 aromatic heterocycles. The Kier molecular flexibility index (Phi) is 9.95. The molecular formula is C41H38O10. The number of benzene rings is 3. The molecule has 0 saturated carbocycles. The minimum absolute atomic E-state index is 0.110. The first-order chi connectivity index (χ1) is 24.6. The van der Waals surface area contributed by atoms with Gasteiger partial charge in [0.25, 0.3) is 0 Å². The molecule has 10 nitrogen and oxygen atoms in total. The molecule has 0 aliphatic heterocycles. The van der Waals surface area contributed by atoms with Gasteiger partial charge in [-0.25, -0.2) is 0 Å². The summed E-state index contributed by atoms with van der Waals surface area (Å²) in [6, 6.07) is 10.8. The summed E-state index contributed by atoms with van der Waals surface area (Å²) >= 11 is 0. The van der Waals surface area contributed by atoms with Crippen molar-refractivity contribution in [2.45, 2.75) is 32.1 Å². The Morgan fingerprint density at radius 1 is 0.314 bits per heavy atom. The van der Waals surface area contributed by atoms with E-state index in [-0.39, 0.29) is 48.8 Å². The Morgan fingerprint density at radius 2 is 0.490 bits per heavy atom. The lowest BCUT2D eigenvalue weighted by atomic mass is 9.87. The van der Waals surface area contributed by atoms with Crippen LogP contribution >= 0.6 is 0 Å². The van der Waals surface area contributed by atoms with Crippen molar-refractivity contribution in [3.05, 3.63) is 116 Å². The van der Waals surface area contributed by atoms with E-state index in [2.05, 4.69) is 0 Å². The average Bonchev–Trinajstić information content (AvgIpc) is 3.12. The molecule has 0 atom stereocenters. The number of hydrogen-bond donors (Lipinski definition) is 0. The van der Waals surface area contributed by atoms with Crippen molar-refractivity contribution in [2.24, 2.45) is 0 Å². The van der Waals surface area contributed by atoms with Crippen LogP contribution in [0.5, 0.6) is 34.5 Å². The molecule has 0 radical (unpaired) electrons. The van der Waals surface area contributed by atoms with E-state index in [0.29, 0.717) is 85.5 Å². The van der Waals surface area contributed by atoms with Crippen LogP contribution in [0, 0.1) is 0 Å². The van der Waals surface area contributed by atoms with Crippen LogP contribution in [-0.4, -0.2) is 65.8 Å². The molecule has 0 amide bonds. The number of rotatable bonds is 6. The van der Waals surface area contributed by atoms with Gasteiger partial charge in [0.05, 0.1) is 42.7 Å². The van der Waals surface area contributed by atoms with Crippen LogP contribution in [0.4, 0.5) is 0 Å². The molecule has 51 heavy (non-hydrogen) atoms. The number of methoxy groups -OCH3 is 6. The number of carbonyl (C=O) groups excluding carboxylic acids is 4. The summed E-state index contributed by atoms with van der Waals surface area (Å²) in [6.07, 6.45) is 6.35. The highest BCUT2D eigenvalue weighted by molar-refractivity contribution is 6.21. The summed E-state index contributed by atoms with van der Waals surface area (Å²) in [5.41, 5.74) is 5.38. The van der Waals surface area contributed by atoms with Crippen molar-refractivity contribution in [2.75, 3.05) is 42.7 Å². The van der Waals surface area contributed by atoms with Gasteiger partial charge in [0.1, 0.15) is 34.5 Å². The molecule has 0 saturated heterocycles. The molecule has 262 valence electrons. The molecule has 10 heteroatoms. The molecule has 12 aliphatic carbocycles. The molecule has 0 unspecified atom stereocenters. The average molecular weight is 691 g/mol. The van der Waals surface area contributed by atoms with Gasteiger partial charge in [-0.1, -0.05) is 0 Å². The Bertz CT molecular complexity index is 1960. The lowest BCUT2D eigenvalue weighted by Gasteiger charge is -2.19. The fraction of sp³-hybridized carbons (Fsp3) is 0.268. The van der Waals surface area contributed by atoms with Crippen molar-refractivity contribution in [1.82, 2.24) is 0 Å². The third kappa shape index (κ3) is 6.94.